The quantitative estimate of drug-likeness (QED) is 0.716. The van der Waals surface area contributed by atoms with E-state index in [4.69, 9.17) is 5.73 Å². The summed E-state index contributed by atoms with van der Waals surface area (Å²) in [6.45, 7) is 6.85. The molecule has 3 unspecified atom stereocenters. The molecule has 1 saturated heterocycles. The Bertz CT molecular complexity index is 177. The van der Waals surface area contributed by atoms with Crippen LogP contribution in [0.4, 0.5) is 0 Å². The van der Waals surface area contributed by atoms with Gasteiger partial charge in [-0.3, -0.25) is 4.90 Å². The van der Waals surface area contributed by atoms with Crippen LogP contribution in [-0.2, 0) is 0 Å². The van der Waals surface area contributed by atoms with Gasteiger partial charge in [-0.25, -0.2) is 0 Å². The maximum atomic E-state index is 5.86. The van der Waals surface area contributed by atoms with E-state index >= 15 is 0 Å². The van der Waals surface area contributed by atoms with Gasteiger partial charge in [0.15, 0.2) is 0 Å². The molecule has 0 spiro atoms. The minimum Gasteiger partial charge on any atom is -0.329 e. The SMILES string of the molecule is CC1CC(C)N(C(CN)C2CC2)C1. The van der Waals surface area contributed by atoms with E-state index in [1.807, 2.05) is 0 Å². The van der Waals surface area contributed by atoms with Gasteiger partial charge < -0.3 is 5.73 Å². The Labute approximate surface area is 81.5 Å². The third kappa shape index (κ3) is 1.89. The Morgan fingerprint density at radius 1 is 1.38 bits per heavy atom. The highest BCUT2D eigenvalue weighted by Crippen LogP contribution is 2.38. The molecule has 2 N–H and O–H groups in total. The lowest BCUT2D eigenvalue weighted by molar-refractivity contribution is 0.172. The molecule has 0 radical (unpaired) electrons. The van der Waals surface area contributed by atoms with Crippen LogP contribution in [0.15, 0.2) is 0 Å². The Hall–Kier alpha value is -0.0800. The van der Waals surface area contributed by atoms with E-state index in [-0.39, 0.29) is 0 Å². The Kier molecular flexibility index (Phi) is 2.61. The third-order valence-electron chi connectivity index (χ3n) is 3.67. The van der Waals surface area contributed by atoms with E-state index < -0.39 is 0 Å². The minimum absolute atomic E-state index is 0.694. The van der Waals surface area contributed by atoms with Crippen LogP contribution in [0.5, 0.6) is 0 Å². The van der Waals surface area contributed by atoms with E-state index in [0.29, 0.717) is 6.04 Å². The summed E-state index contributed by atoms with van der Waals surface area (Å²) in [4.78, 5) is 2.66. The number of rotatable bonds is 3. The summed E-state index contributed by atoms with van der Waals surface area (Å²) >= 11 is 0. The lowest BCUT2D eigenvalue weighted by Crippen LogP contribution is -2.44. The summed E-state index contributed by atoms with van der Waals surface area (Å²) in [5.74, 6) is 1.81. The smallest absolute Gasteiger partial charge is 0.0249 e. The Morgan fingerprint density at radius 2 is 2.08 bits per heavy atom. The number of nitrogens with zero attached hydrogens (tertiary/aromatic N) is 1. The van der Waals surface area contributed by atoms with Gasteiger partial charge in [0.25, 0.3) is 0 Å². The molecule has 3 atom stereocenters. The predicted molar refractivity (Wildman–Crippen MR) is 55.5 cm³/mol. The number of likely N-dealkylation sites (tertiary alicyclic amines) is 1. The van der Waals surface area contributed by atoms with Crippen LogP contribution in [0.2, 0.25) is 0 Å². The van der Waals surface area contributed by atoms with Crippen molar-refractivity contribution >= 4 is 0 Å². The summed E-state index contributed by atoms with van der Waals surface area (Å²) in [7, 11) is 0. The topological polar surface area (TPSA) is 29.3 Å². The first-order chi connectivity index (χ1) is 6.22. The first-order valence-corrected chi connectivity index (χ1v) is 5.68. The van der Waals surface area contributed by atoms with Crippen LogP contribution in [0.1, 0.15) is 33.1 Å². The second-order valence-corrected chi connectivity index (χ2v) is 5.03. The molecule has 1 saturated carbocycles. The Morgan fingerprint density at radius 3 is 2.46 bits per heavy atom. The van der Waals surface area contributed by atoms with E-state index in [2.05, 4.69) is 18.7 Å². The van der Waals surface area contributed by atoms with Crippen LogP contribution in [-0.4, -0.2) is 30.1 Å². The number of hydrogen-bond acceptors (Lipinski definition) is 2. The van der Waals surface area contributed by atoms with Crippen LogP contribution in [0.3, 0.4) is 0 Å². The Balaban J connectivity index is 1.97. The van der Waals surface area contributed by atoms with Crippen molar-refractivity contribution in [2.75, 3.05) is 13.1 Å². The number of hydrogen-bond donors (Lipinski definition) is 1. The predicted octanol–water partition coefficient (Wildman–Crippen LogP) is 1.45. The zero-order chi connectivity index (χ0) is 9.42. The molecule has 2 heteroatoms. The van der Waals surface area contributed by atoms with E-state index in [0.717, 1.165) is 24.4 Å². The first-order valence-electron chi connectivity index (χ1n) is 5.68. The molecule has 1 aliphatic heterocycles. The minimum atomic E-state index is 0.694. The summed E-state index contributed by atoms with van der Waals surface area (Å²) in [5.41, 5.74) is 5.86. The van der Waals surface area contributed by atoms with Crippen molar-refractivity contribution in [3.05, 3.63) is 0 Å². The van der Waals surface area contributed by atoms with Gasteiger partial charge in [-0.1, -0.05) is 6.92 Å². The fourth-order valence-electron chi connectivity index (χ4n) is 2.87. The van der Waals surface area contributed by atoms with Gasteiger partial charge >= 0.3 is 0 Å². The molecule has 0 amide bonds. The maximum Gasteiger partial charge on any atom is 0.0249 e. The van der Waals surface area contributed by atoms with Crippen molar-refractivity contribution in [3.63, 3.8) is 0 Å². The van der Waals surface area contributed by atoms with E-state index in [1.54, 1.807) is 0 Å². The molecule has 0 bridgehead atoms. The van der Waals surface area contributed by atoms with Gasteiger partial charge in [0.1, 0.15) is 0 Å². The highest BCUT2D eigenvalue weighted by Gasteiger charge is 2.39. The van der Waals surface area contributed by atoms with Crippen molar-refractivity contribution in [2.45, 2.75) is 45.2 Å². The highest BCUT2D eigenvalue weighted by molar-refractivity contribution is 4.94. The molecule has 1 heterocycles. The van der Waals surface area contributed by atoms with Gasteiger partial charge in [0.05, 0.1) is 0 Å². The first kappa shape index (κ1) is 9.47. The summed E-state index contributed by atoms with van der Waals surface area (Å²) in [5, 5.41) is 0. The van der Waals surface area contributed by atoms with E-state index in [9.17, 15) is 0 Å². The molecule has 0 aromatic carbocycles. The van der Waals surface area contributed by atoms with Crippen LogP contribution >= 0.6 is 0 Å². The molecule has 0 aromatic rings. The fraction of sp³-hybridized carbons (Fsp3) is 1.00. The summed E-state index contributed by atoms with van der Waals surface area (Å²) < 4.78 is 0. The molecular formula is C11H22N2. The second-order valence-electron chi connectivity index (χ2n) is 5.03. The lowest BCUT2D eigenvalue weighted by atomic mass is 10.1. The fourth-order valence-corrected chi connectivity index (χ4v) is 2.87. The van der Waals surface area contributed by atoms with Crippen LogP contribution in [0.25, 0.3) is 0 Å². The van der Waals surface area contributed by atoms with Crippen molar-refractivity contribution in [1.29, 1.82) is 0 Å². The van der Waals surface area contributed by atoms with Gasteiger partial charge in [-0.15, -0.1) is 0 Å². The molecular weight excluding hydrogens is 160 g/mol. The van der Waals surface area contributed by atoms with Gasteiger partial charge in [-0.2, -0.15) is 0 Å². The molecule has 2 nitrogen and oxygen atoms in total. The molecule has 0 aromatic heterocycles. The lowest BCUT2D eigenvalue weighted by Gasteiger charge is -2.30. The van der Waals surface area contributed by atoms with Gasteiger partial charge in [0, 0.05) is 25.2 Å². The molecule has 2 aliphatic rings. The molecule has 13 heavy (non-hydrogen) atoms. The average molecular weight is 182 g/mol. The average Bonchev–Trinajstić information content (AvgIpc) is 2.82. The molecule has 2 fully saturated rings. The van der Waals surface area contributed by atoms with Crippen LogP contribution in [0, 0.1) is 11.8 Å². The standard InChI is InChI=1S/C11H22N2/c1-8-5-9(2)13(7-8)11(6-12)10-3-4-10/h8-11H,3-7,12H2,1-2H3. The summed E-state index contributed by atoms with van der Waals surface area (Å²) in [6, 6.07) is 1.46. The van der Waals surface area contributed by atoms with Crippen molar-refractivity contribution < 1.29 is 0 Å². The van der Waals surface area contributed by atoms with Gasteiger partial charge in [0.2, 0.25) is 0 Å². The summed E-state index contributed by atoms with van der Waals surface area (Å²) in [6.07, 6.45) is 4.20. The van der Waals surface area contributed by atoms with Crippen molar-refractivity contribution in [3.8, 4) is 0 Å². The largest absolute Gasteiger partial charge is 0.329 e. The van der Waals surface area contributed by atoms with Crippen LogP contribution < -0.4 is 5.73 Å². The highest BCUT2D eigenvalue weighted by atomic mass is 15.2. The monoisotopic (exact) mass is 182 g/mol. The zero-order valence-corrected chi connectivity index (χ0v) is 8.87. The zero-order valence-electron chi connectivity index (χ0n) is 8.87. The molecule has 2 rings (SSSR count). The molecule has 76 valence electrons. The normalized spacial score (nSPS) is 38.1. The van der Waals surface area contributed by atoms with E-state index in [1.165, 1.54) is 25.8 Å². The molecule has 1 aliphatic carbocycles. The number of nitrogens with two attached hydrogens (primary N) is 1. The van der Waals surface area contributed by atoms with Crippen molar-refractivity contribution in [2.24, 2.45) is 17.6 Å². The van der Waals surface area contributed by atoms with Gasteiger partial charge in [-0.05, 0) is 38.0 Å². The third-order valence-corrected chi connectivity index (χ3v) is 3.67. The maximum absolute atomic E-state index is 5.86. The van der Waals surface area contributed by atoms with Crippen molar-refractivity contribution in [1.82, 2.24) is 4.90 Å². The second kappa shape index (κ2) is 3.58.